The van der Waals surface area contributed by atoms with Crippen LogP contribution in [0.25, 0.3) is 10.9 Å². The minimum absolute atomic E-state index is 0.0788. The largest absolute Gasteiger partial charge is 0.376 e. The van der Waals surface area contributed by atoms with Crippen LogP contribution in [-0.4, -0.2) is 73.9 Å². The van der Waals surface area contributed by atoms with Crippen molar-refractivity contribution < 1.29 is 4.74 Å². The van der Waals surface area contributed by atoms with Gasteiger partial charge in [-0.3, -0.25) is 14.6 Å². The quantitative estimate of drug-likeness (QED) is 0.291. The summed E-state index contributed by atoms with van der Waals surface area (Å²) in [6.07, 6.45) is 2.11. The molecular weight excluding hydrogens is 538 g/mol. The average molecular weight is 576 g/mol. The summed E-state index contributed by atoms with van der Waals surface area (Å²) in [7, 11) is 0. The second-order valence-electron chi connectivity index (χ2n) is 11.7. The molecule has 9 nitrogen and oxygen atoms in total. The number of hydrogen-bond acceptors (Lipinski definition) is 7. The van der Waals surface area contributed by atoms with Crippen molar-refractivity contribution in [2.45, 2.75) is 44.5 Å². The third-order valence-electron chi connectivity index (χ3n) is 8.84. The molecule has 2 saturated heterocycles. The van der Waals surface area contributed by atoms with Crippen molar-refractivity contribution in [2.75, 3.05) is 32.8 Å². The molecule has 5 aromatic rings. The molecule has 43 heavy (non-hydrogen) atoms. The topological polar surface area (TPSA) is 92.2 Å². The highest BCUT2D eigenvalue weighted by Crippen LogP contribution is 2.33. The molecule has 0 aliphatic carbocycles. The number of hydrogen-bond donors (Lipinski definition) is 1. The van der Waals surface area contributed by atoms with Crippen LogP contribution in [0.3, 0.4) is 0 Å². The fourth-order valence-electron chi connectivity index (χ4n) is 6.69. The third kappa shape index (κ3) is 5.76. The number of fused-ring (bicyclic) bond motifs is 1. The maximum atomic E-state index is 13.7. The number of rotatable bonds is 8. The molecule has 2 aromatic heterocycles. The molecule has 2 aliphatic rings. The molecule has 0 spiro atoms. The molecule has 1 N–H and O–H groups in total. The zero-order valence-electron chi connectivity index (χ0n) is 24.5. The van der Waals surface area contributed by atoms with Gasteiger partial charge in [-0.15, -0.1) is 5.10 Å². The normalized spacial score (nSPS) is 18.9. The number of ether oxygens (including phenoxy) is 1. The van der Waals surface area contributed by atoms with Gasteiger partial charge in [-0.1, -0.05) is 72.8 Å². The average Bonchev–Trinajstić information content (AvgIpc) is 3.72. The van der Waals surface area contributed by atoms with E-state index >= 15 is 0 Å². The Balaban J connectivity index is 1.23. The second-order valence-corrected chi connectivity index (χ2v) is 11.7. The van der Waals surface area contributed by atoms with Crippen molar-refractivity contribution in [1.82, 2.24) is 35.0 Å². The molecule has 0 amide bonds. The Kier molecular flexibility index (Phi) is 7.84. The van der Waals surface area contributed by atoms with Crippen LogP contribution in [0, 0.1) is 6.92 Å². The van der Waals surface area contributed by atoms with E-state index in [1.165, 1.54) is 11.1 Å². The first-order valence-corrected chi connectivity index (χ1v) is 15.2. The molecule has 3 aromatic carbocycles. The maximum Gasteiger partial charge on any atom is 0.253 e. The smallest absolute Gasteiger partial charge is 0.253 e. The fraction of sp³-hybridized carbons (Fsp3) is 0.353. The fourth-order valence-corrected chi connectivity index (χ4v) is 6.69. The third-order valence-corrected chi connectivity index (χ3v) is 8.84. The maximum absolute atomic E-state index is 13.7. The summed E-state index contributed by atoms with van der Waals surface area (Å²) in [5, 5.41) is 14.0. The van der Waals surface area contributed by atoms with Crippen molar-refractivity contribution in [1.29, 1.82) is 0 Å². The molecular formula is C34H37N7O2. The standard InChI is InChI=1S/C34H37N7O2/c1-24-14-15-27-22-29(34(42)35-30(27)21-24)32(33-36-37-38-41(33)23-28-13-8-20-43-28)40-18-16-39(17-19-40)31(25-9-4-2-5-10-25)26-11-6-3-7-12-26/h2-7,9-12,14-15,21-22,28,31-32H,8,13,16-20,23H2,1H3,(H,35,42)/t28-,32+/m1/s1. The lowest BCUT2D eigenvalue weighted by molar-refractivity contribution is 0.0778. The molecule has 2 atom stereocenters. The summed E-state index contributed by atoms with van der Waals surface area (Å²) in [4.78, 5) is 21.8. The van der Waals surface area contributed by atoms with E-state index in [1.54, 1.807) is 0 Å². The molecule has 220 valence electrons. The van der Waals surface area contributed by atoms with Gasteiger partial charge >= 0.3 is 0 Å². The number of nitrogens with zero attached hydrogens (tertiary/aromatic N) is 6. The van der Waals surface area contributed by atoms with Crippen LogP contribution in [-0.2, 0) is 11.3 Å². The van der Waals surface area contributed by atoms with Crippen LogP contribution in [0.1, 0.15) is 53.0 Å². The van der Waals surface area contributed by atoms with Gasteiger partial charge < -0.3 is 9.72 Å². The molecule has 4 heterocycles. The summed E-state index contributed by atoms with van der Waals surface area (Å²) >= 11 is 0. The van der Waals surface area contributed by atoms with E-state index in [2.05, 4.69) is 103 Å². The van der Waals surface area contributed by atoms with Crippen LogP contribution in [0.2, 0.25) is 0 Å². The number of H-pyrrole nitrogens is 1. The zero-order valence-corrected chi connectivity index (χ0v) is 24.5. The first-order chi connectivity index (χ1) is 21.1. The Labute approximate surface area is 251 Å². The molecule has 2 aliphatic heterocycles. The first kappa shape index (κ1) is 27.6. The van der Waals surface area contributed by atoms with Crippen LogP contribution >= 0.6 is 0 Å². The predicted octanol–water partition coefficient (Wildman–Crippen LogP) is 4.50. The van der Waals surface area contributed by atoms with Crippen molar-refractivity contribution in [2.24, 2.45) is 0 Å². The van der Waals surface area contributed by atoms with Crippen LogP contribution < -0.4 is 5.56 Å². The van der Waals surface area contributed by atoms with Crippen LogP contribution in [0.15, 0.2) is 89.7 Å². The number of aryl methyl sites for hydroxylation is 1. The van der Waals surface area contributed by atoms with Gasteiger partial charge in [-0.2, -0.15) is 0 Å². The van der Waals surface area contributed by atoms with Crippen molar-refractivity contribution in [3.63, 3.8) is 0 Å². The van der Waals surface area contributed by atoms with E-state index in [1.807, 2.05) is 23.7 Å². The Morgan fingerprint density at radius 2 is 1.56 bits per heavy atom. The van der Waals surface area contributed by atoms with Crippen LogP contribution in [0.4, 0.5) is 0 Å². The lowest BCUT2D eigenvalue weighted by Crippen LogP contribution is -2.50. The highest BCUT2D eigenvalue weighted by atomic mass is 16.5. The molecule has 7 rings (SSSR count). The number of pyridine rings is 1. The van der Waals surface area contributed by atoms with E-state index in [-0.39, 0.29) is 23.7 Å². The molecule has 0 unspecified atom stereocenters. The van der Waals surface area contributed by atoms with Crippen molar-refractivity contribution >= 4 is 10.9 Å². The number of aromatic nitrogens is 5. The molecule has 0 bridgehead atoms. The monoisotopic (exact) mass is 575 g/mol. The van der Waals surface area contributed by atoms with Gasteiger partial charge in [0.15, 0.2) is 5.82 Å². The van der Waals surface area contributed by atoms with Gasteiger partial charge in [0.05, 0.1) is 18.7 Å². The van der Waals surface area contributed by atoms with Gasteiger partial charge in [0.2, 0.25) is 0 Å². The lowest BCUT2D eigenvalue weighted by Gasteiger charge is -2.42. The number of nitrogens with one attached hydrogen (secondary N) is 1. The molecule has 0 saturated carbocycles. The number of benzene rings is 3. The summed E-state index contributed by atoms with van der Waals surface area (Å²) in [6.45, 7) is 6.57. The van der Waals surface area contributed by atoms with E-state index < -0.39 is 0 Å². The Hall–Kier alpha value is -4.18. The summed E-state index contributed by atoms with van der Waals surface area (Å²) in [5.41, 5.74) is 5.06. The minimum atomic E-state index is -0.389. The predicted molar refractivity (Wildman–Crippen MR) is 166 cm³/mol. The van der Waals surface area contributed by atoms with Gasteiger partial charge in [0, 0.05) is 43.9 Å². The van der Waals surface area contributed by atoms with Gasteiger partial charge in [-0.25, -0.2) is 4.68 Å². The van der Waals surface area contributed by atoms with Crippen LogP contribution in [0.5, 0.6) is 0 Å². The van der Waals surface area contributed by atoms with Gasteiger partial charge in [0.25, 0.3) is 5.56 Å². The Morgan fingerprint density at radius 1 is 0.884 bits per heavy atom. The van der Waals surface area contributed by atoms with Crippen molar-refractivity contribution in [3.8, 4) is 0 Å². The minimum Gasteiger partial charge on any atom is -0.376 e. The van der Waals surface area contributed by atoms with Crippen molar-refractivity contribution in [3.05, 3.63) is 123 Å². The molecule has 9 heteroatoms. The van der Waals surface area contributed by atoms with E-state index in [0.717, 1.165) is 62.1 Å². The highest BCUT2D eigenvalue weighted by molar-refractivity contribution is 5.79. The summed E-state index contributed by atoms with van der Waals surface area (Å²) in [5.74, 6) is 0.684. The summed E-state index contributed by atoms with van der Waals surface area (Å²) in [6, 6.07) is 29.4. The van der Waals surface area contributed by atoms with E-state index in [4.69, 9.17) is 4.74 Å². The highest BCUT2D eigenvalue weighted by Gasteiger charge is 2.35. The molecule has 0 radical (unpaired) electrons. The van der Waals surface area contributed by atoms with Gasteiger partial charge in [-0.05, 0) is 64.4 Å². The molecule has 2 fully saturated rings. The zero-order chi connectivity index (χ0) is 29.2. The SMILES string of the molecule is Cc1ccc2cc([C@@H](c3nnnn3C[C@H]3CCCO3)N3CCN(C(c4ccccc4)c4ccccc4)CC3)c(=O)[nH]c2c1. The summed E-state index contributed by atoms with van der Waals surface area (Å²) < 4.78 is 7.77. The Morgan fingerprint density at radius 3 is 2.21 bits per heavy atom. The van der Waals surface area contributed by atoms with Gasteiger partial charge in [0.1, 0.15) is 6.04 Å². The Bertz CT molecular complexity index is 1680. The van der Waals surface area contributed by atoms with E-state index in [9.17, 15) is 4.79 Å². The number of tetrazole rings is 1. The van der Waals surface area contributed by atoms with E-state index in [0.29, 0.717) is 17.9 Å². The second kappa shape index (κ2) is 12.2. The first-order valence-electron chi connectivity index (χ1n) is 15.2. The lowest BCUT2D eigenvalue weighted by atomic mass is 9.96. The number of piperazine rings is 1. The number of aromatic amines is 1.